The van der Waals surface area contributed by atoms with Crippen LogP contribution in [0.4, 0.5) is 0 Å². The number of ether oxygens (including phenoxy) is 4. The molecule has 0 saturated carbocycles. The van der Waals surface area contributed by atoms with Crippen molar-refractivity contribution in [1.29, 1.82) is 0 Å². The van der Waals surface area contributed by atoms with Gasteiger partial charge in [0, 0.05) is 117 Å². The summed E-state index contributed by atoms with van der Waals surface area (Å²) >= 11 is 0. The summed E-state index contributed by atoms with van der Waals surface area (Å²) in [7, 11) is -6.07. The van der Waals surface area contributed by atoms with Crippen molar-refractivity contribution in [2.75, 3.05) is 107 Å². The molecule has 16 rings (SSSR count). The van der Waals surface area contributed by atoms with E-state index in [0.717, 1.165) is 97.5 Å². The van der Waals surface area contributed by atoms with Crippen molar-refractivity contribution < 1.29 is 91.0 Å². The molecule has 784 valence electrons. The van der Waals surface area contributed by atoms with E-state index in [0.29, 0.717) is 72.9 Å². The number of aromatic nitrogens is 16. The number of benzene rings is 4. The quantitative estimate of drug-likeness (QED) is 0.0176. The molecular formula is C100H144N24O16S4. The number of fused-ring (bicyclic) bond motifs is 4. The smallest absolute Gasteiger partial charge is 0.277 e. The number of hydrogen-bond acceptors (Lipinski definition) is 28. The molecule has 6 atom stereocenters. The number of rotatable bonds is 44. The third-order valence-corrected chi connectivity index (χ3v) is 30.2. The Hall–Kier alpha value is -11.0. The molecular weight excluding hydrogens is 1920 g/mol. The molecule has 4 aliphatic heterocycles. The number of aromatic amines is 4. The molecule has 0 aliphatic carbocycles. The van der Waals surface area contributed by atoms with Gasteiger partial charge < -0.3 is 58.5 Å². The van der Waals surface area contributed by atoms with Crippen LogP contribution in [0.2, 0.25) is 0 Å². The SMILES string of the molecule is [2H]C(CC1CCCN1C)NS(=O)(=O)c1ccc(OCCC)c(-c2nc3c(C([2H])([2H])C([2H])([2H])C)nn(C([2H])([2H])[2H])c3c(=O)[nH]2)c1.[2H]C(CC1CCCN1C)NS(=O)(=O)c1ccc(OCCC)c(-c2nc3c(CC([2H])([2H])C([2H])([2H])[2H])nn(C)c3c(=O)[nH]2)c1.[2H]C([2H])(CC1CCCN1C)NS(=O)(=O)c1ccc(OCCC)c(-c2nc3c(C([2H])([2H])C([2H])([2H])C)nn(C([2H])([2H])[2H])c3c(=O)[nH]2)c1.[2H]C([2H])([2H])C([2H])([2H])Cc1nn(C)c2c(=O)[nH]c(-c3cc(S(=O)(=O)NCCC4CCCN4C)ccc3OCCC)nc12. The largest absolute Gasteiger partial charge is 0.493 e. The van der Waals surface area contributed by atoms with Gasteiger partial charge in [-0.1, -0.05) is 80.7 Å². The summed E-state index contributed by atoms with van der Waals surface area (Å²) in [4.78, 5) is 88.3. The van der Waals surface area contributed by atoms with Crippen molar-refractivity contribution in [1.82, 2.24) is 117 Å². The first-order valence-electron chi connectivity index (χ1n) is 61.5. The highest BCUT2D eigenvalue weighted by atomic mass is 32.2. The van der Waals surface area contributed by atoms with Gasteiger partial charge in [0.2, 0.25) is 40.1 Å². The number of aryl methyl sites for hydroxylation is 8. The lowest BCUT2D eigenvalue weighted by Crippen LogP contribution is -2.31. The van der Waals surface area contributed by atoms with Crippen LogP contribution < -0.4 is 60.1 Å². The molecule has 12 heterocycles. The van der Waals surface area contributed by atoms with Crippen molar-refractivity contribution in [3.05, 3.63) is 137 Å². The molecule has 40 nitrogen and oxygen atoms in total. The predicted octanol–water partition coefficient (Wildman–Crippen LogP) is 11.3. The van der Waals surface area contributed by atoms with E-state index in [4.69, 9.17) is 57.3 Å². The first kappa shape index (κ1) is 77.4. The van der Waals surface area contributed by atoms with Gasteiger partial charge in [0.1, 0.15) is 68.4 Å². The van der Waals surface area contributed by atoms with Crippen molar-refractivity contribution in [2.24, 2.45) is 28.0 Å². The second kappa shape index (κ2) is 49.9. The van der Waals surface area contributed by atoms with Gasteiger partial charge in [0.05, 0.1) is 91.0 Å². The number of likely N-dealkylation sites (tertiary alicyclic amines) is 4. The maximum Gasteiger partial charge on any atom is 0.277 e. The van der Waals surface area contributed by atoms with Crippen LogP contribution in [0.3, 0.4) is 0 Å². The van der Waals surface area contributed by atoms with Gasteiger partial charge in [0.25, 0.3) is 22.2 Å². The summed E-state index contributed by atoms with van der Waals surface area (Å²) in [5.41, 5.74) is -6.74. The van der Waals surface area contributed by atoms with E-state index in [1.54, 1.807) is 0 Å². The molecule has 12 aromatic rings. The van der Waals surface area contributed by atoms with Crippen molar-refractivity contribution in [3.8, 4) is 68.5 Å². The van der Waals surface area contributed by atoms with Crippen LogP contribution in [0.15, 0.2) is 112 Å². The van der Waals surface area contributed by atoms with Crippen LogP contribution in [0.5, 0.6) is 23.0 Å². The third kappa shape index (κ3) is 26.5. The summed E-state index contributed by atoms with van der Waals surface area (Å²) < 4.78 is 366. The number of nitrogens with zero attached hydrogens (tertiary/aromatic N) is 16. The van der Waals surface area contributed by atoms with E-state index in [2.05, 4.69) is 93.9 Å². The van der Waals surface area contributed by atoms with Crippen molar-refractivity contribution in [2.45, 2.75) is 253 Å². The molecule has 0 spiro atoms. The maximum atomic E-state index is 13.4. The van der Waals surface area contributed by atoms with Gasteiger partial charge in [-0.15, -0.1) is 0 Å². The van der Waals surface area contributed by atoms with Crippen molar-refractivity contribution in [3.63, 3.8) is 0 Å². The molecule has 8 N–H and O–H groups in total. The Morgan fingerprint density at radius 3 is 0.944 bits per heavy atom. The molecule has 0 bridgehead atoms. The van der Waals surface area contributed by atoms with Gasteiger partial charge in [-0.05, 0) is 255 Å². The fraction of sp³-hybridized carbons (Fsp3) is 0.560. The highest BCUT2D eigenvalue weighted by molar-refractivity contribution is 7.90. The Morgan fingerprint density at radius 1 is 0.368 bits per heavy atom. The Balaban J connectivity index is 0.000000188. The van der Waals surface area contributed by atoms with Crippen LogP contribution in [-0.2, 0) is 93.7 Å². The summed E-state index contributed by atoms with van der Waals surface area (Å²) in [6.07, 6.45) is -6.31. The minimum Gasteiger partial charge on any atom is -0.493 e. The molecule has 4 saturated heterocycles. The van der Waals surface area contributed by atoms with Crippen molar-refractivity contribution >= 4 is 84.2 Å². The van der Waals surface area contributed by atoms with E-state index in [1.807, 2.05) is 60.8 Å². The van der Waals surface area contributed by atoms with Crippen LogP contribution in [-0.4, -0.2) is 263 Å². The molecule has 0 amide bonds. The number of nitrogens with one attached hydrogen (secondary N) is 8. The zero-order valence-electron chi connectivity index (χ0n) is 110. The fourth-order valence-electron chi connectivity index (χ4n) is 17.3. The number of H-pyrrole nitrogens is 4. The summed E-state index contributed by atoms with van der Waals surface area (Å²) in [6, 6.07) is 16.2. The first-order valence-corrected chi connectivity index (χ1v) is 53.3. The molecule has 8 aromatic heterocycles. The second-order valence-corrected chi connectivity index (χ2v) is 41.9. The minimum absolute atomic E-state index is 0.00508. The van der Waals surface area contributed by atoms with Gasteiger partial charge in [0.15, 0.2) is 22.1 Å². The molecule has 4 fully saturated rings. The molecule has 0 radical (unpaired) electrons. The first-order chi connectivity index (χ1) is 79.5. The third-order valence-electron chi connectivity index (χ3n) is 24.8. The second-order valence-electron chi connectivity index (χ2n) is 35.0. The Labute approximate surface area is 882 Å². The summed E-state index contributed by atoms with van der Waals surface area (Å²) in [5.74, 6) is 0.0656. The number of sulfonamides is 4. The maximum absolute atomic E-state index is 13.4. The lowest BCUT2D eigenvalue weighted by Gasteiger charge is -2.19. The molecule has 4 aliphatic rings. The average molecular weight is 2090 g/mol. The van der Waals surface area contributed by atoms with Crippen LogP contribution in [0.25, 0.3) is 89.7 Å². The zero-order valence-corrected chi connectivity index (χ0v) is 85.6. The summed E-state index contributed by atoms with van der Waals surface area (Å²) in [6.45, 7) is -2.23. The highest BCUT2D eigenvalue weighted by Gasteiger charge is 2.32. The molecule has 144 heavy (non-hydrogen) atoms. The van der Waals surface area contributed by atoms with E-state index in [-0.39, 0.29) is 167 Å². The normalized spacial score (nSPS) is 21.1. The van der Waals surface area contributed by atoms with Gasteiger partial charge >= 0.3 is 0 Å². The fourth-order valence-corrected chi connectivity index (χ4v) is 21.2. The predicted molar refractivity (Wildman–Crippen MR) is 559 cm³/mol. The van der Waals surface area contributed by atoms with Gasteiger partial charge in [-0.25, -0.2) is 72.5 Å². The van der Waals surface area contributed by atoms with E-state index < -0.39 is 194 Å². The monoisotopic (exact) mass is 2090 g/mol. The standard InChI is InChI=1S/4C25H36N6O4S/c4*1-5-8-20-22-23(31(4)29-20)25(32)28-24(27-22)19-16-18(10-11-21(19)35-15-6-2)36(33,34)26-13-12-17-9-7-14-30(17)3/h4*10-11,16-17,26H,5-9,12-15H2,1-4H3,(H,27,28,32)/i4D3,5D2,8D2,13D2;4D3,5D2,8D2,13D;1D3,5D2,13D;1D3,5D2. The van der Waals surface area contributed by atoms with Gasteiger partial charge in [-0.3, -0.25) is 37.9 Å². The molecule has 4 aromatic carbocycles. The van der Waals surface area contributed by atoms with E-state index in [9.17, 15) is 52.8 Å². The Morgan fingerprint density at radius 2 is 0.653 bits per heavy atom. The lowest BCUT2D eigenvalue weighted by atomic mass is 10.1. The minimum atomic E-state index is -4.48. The lowest BCUT2D eigenvalue weighted by molar-refractivity contribution is 0.297. The highest BCUT2D eigenvalue weighted by Crippen LogP contribution is 2.38. The van der Waals surface area contributed by atoms with Crippen LogP contribution in [0.1, 0.15) is 245 Å². The Kier molecular flexibility index (Phi) is 26.8. The summed E-state index contributed by atoms with van der Waals surface area (Å²) in [5, 5.41) is 15.9. The van der Waals surface area contributed by atoms with E-state index >= 15 is 0 Å². The molecule has 6 unspecified atom stereocenters. The molecule has 44 heteroatoms. The van der Waals surface area contributed by atoms with Gasteiger partial charge in [-0.2, -0.15) is 20.4 Å². The average Bonchev–Trinajstić information content (AvgIpc) is 1.57. The Bertz CT molecular complexity index is 8540. The van der Waals surface area contributed by atoms with Crippen LogP contribution >= 0.6 is 0 Å². The zero-order chi connectivity index (χ0) is 128. The number of hydrogen-bond donors (Lipinski definition) is 8. The topological polar surface area (TPSA) is 489 Å². The van der Waals surface area contributed by atoms with Crippen LogP contribution in [0, 0.1) is 0 Å². The van der Waals surface area contributed by atoms with E-state index in [1.165, 1.54) is 90.2 Å².